The molecule has 3 aliphatic heterocycles. The largest absolute Gasteiger partial charge is 0.375 e. The molecule has 4 rings (SSSR count). The normalized spacial score (nSPS) is 26.2. The highest BCUT2D eigenvalue weighted by atomic mass is 16.5. The van der Waals surface area contributed by atoms with E-state index in [-0.39, 0.29) is 11.6 Å². The van der Waals surface area contributed by atoms with E-state index < -0.39 is 0 Å². The molecule has 26 heavy (non-hydrogen) atoms. The van der Waals surface area contributed by atoms with Crippen molar-refractivity contribution < 1.29 is 9.53 Å². The number of nitrogens with one attached hydrogen (secondary N) is 1. The molecule has 3 aliphatic rings. The number of anilines is 1. The van der Waals surface area contributed by atoms with E-state index in [4.69, 9.17) is 4.74 Å². The lowest BCUT2D eigenvalue weighted by Crippen LogP contribution is -2.54. The molecule has 5 nitrogen and oxygen atoms in total. The van der Waals surface area contributed by atoms with Crippen LogP contribution in [0.15, 0.2) is 24.3 Å². The molecule has 0 aromatic heterocycles. The van der Waals surface area contributed by atoms with Crippen molar-refractivity contribution >= 4 is 11.7 Å². The van der Waals surface area contributed by atoms with Crippen molar-refractivity contribution in [2.24, 2.45) is 0 Å². The van der Waals surface area contributed by atoms with Crippen LogP contribution < -0.4 is 5.32 Å². The van der Waals surface area contributed by atoms with Gasteiger partial charge in [-0.1, -0.05) is 12.1 Å². The lowest BCUT2D eigenvalue weighted by molar-refractivity contribution is -0.127. The third-order valence-corrected chi connectivity index (χ3v) is 6.36. The van der Waals surface area contributed by atoms with Gasteiger partial charge in [0, 0.05) is 31.4 Å². The zero-order valence-corrected chi connectivity index (χ0v) is 15.9. The smallest absolute Gasteiger partial charge is 0.321 e. The number of carbonyl (C=O) groups is 1. The molecule has 1 N–H and O–H groups in total. The van der Waals surface area contributed by atoms with Crippen molar-refractivity contribution in [3.63, 3.8) is 0 Å². The van der Waals surface area contributed by atoms with Crippen LogP contribution in [0.1, 0.15) is 44.1 Å². The first-order valence-electron chi connectivity index (χ1n) is 10.1. The molecule has 1 aromatic rings. The highest BCUT2D eigenvalue weighted by Gasteiger charge is 2.42. The first kappa shape index (κ1) is 17.8. The second-order valence-electron chi connectivity index (χ2n) is 8.21. The summed E-state index contributed by atoms with van der Waals surface area (Å²) in [7, 11) is 0. The van der Waals surface area contributed by atoms with Crippen molar-refractivity contribution in [3.8, 4) is 0 Å². The van der Waals surface area contributed by atoms with E-state index in [1.54, 1.807) is 0 Å². The van der Waals surface area contributed by atoms with Gasteiger partial charge < -0.3 is 19.9 Å². The summed E-state index contributed by atoms with van der Waals surface area (Å²) < 4.78 is 6.27. The number of nitrogens with zero attached hydrogens (tertiary/aromatic N) is 2. The van der Waals surface area contributed by atoms with Gasteiger partial charge in [0.05, 0.1) is 5.60 Å². The summed E-state index contributed by atoms with van der Waals surface area (Å²) in [4.78, 5) is 17.2. The first-order chi connectivity index (χ1) is 12.6. The molecule has 5 heteroatoms. The zero-order valence-electron chi connectivity index (χ0n) is 15.9. The highest BCUT2D eigenvalue weighted by molar-refractivity contribution is 5.89. The SMILES string of the molecule is Cc1cccc(NC(=O)N2CCC3(CC2)CC(N2CCCC2)CCO3)c1. The molecular weight excluding hydrogens is 326 g/mol. The van der Waals surface area contributed by atoms with Gasteiger partial charge in [0.1, 0.15) is 0 Å². The number of rotatable bonds is 2. The number of amides is 2. The molecule has 2 amide bonds. The van der Waals surface area contributed by atoms with Crippen molar-refractivity contribution in [1.29, 1.82) is 0 Å². The minimum absolute atomic E-state index is 0.00831. The summed E-state index contributed by atoms with van der Waals surface area (Å²) in [5, 5.41) is 3.04. The quantitative estimate of drug-likeness (QED) is 0.879. The molecule has 1 aromatic carbocycles. The van der Waals surface area contributed by atoms with E-state index >= 15 is 0 Å². The Morgan fingerprint density at radius 3 is 2.69 bits per heavy atom. The molecule has 0 saturated carbocycles. The molecular formula is C21H31N3O2. The number of aryl methyl sites for hydroxylation is 1. The highest BCUT2D eigenvalue weighted by Crippen LogP contribution is 2.37. The van der Waals surface area contributed by atoms with Gasteiger partial charge in [0.15, 0.2) is 0 Å². The van der Waals surface area contributed by atoms with Gasteiger partial charge in [-0.3, -0.25) is 0 Å². The zero-order chi connectivity index (χ0) is 18.0. The minimum Gasteiger partial charge on any atom is -0.375 e. The number of piperidine rings is 1. The van der Waals surface area contributed by atoms with Crippen LogP contribution in [0, 0.1) is 6.92 Å². The van der Waals surface area contributed by atoms with Crippen LogP contribution in [-0.2, 0) is 4.74 Å². The van der Waals surface area contributed by atoms with Crippen molar-refractivity contribution in [2.75, 3.05) is 38.1 Å². The van der Waals surface area contributed by atoms with Crippen molar-refractivity contribution in [3.05, 3.63) is 29.8 Å². The number of ether oxygens (including phenoxy) is 1. The Morgan fingerprint density at radius 1 is 1.19 bits per heavy atom. The van der Waals surface area contributed by atoms with Crippen LogP contribution in [0.25, 0.3) is 0 Å². The minimum atomic E-state index is -0.00831. The average Bonchev–Trinajstić information content (AvgIpc) is 3.17. The summed E-state index contributed by atoms with van der Waals surface area (Å²) in [6.07, 6.45) is 6.91. The summed E-state index contributed by atoms with van der Waals surface area (Å²) in [6.45, 7) is 6.99. The van der Waals surface area contributed by atoms with Crippen molar-refractivity contribution in [1.82, 2.24) is 9.80 Å². The fourth-order valence-corrected chi connectivity index (χ4v) is 4.81. The summed E-state index contributed by atoms with van der Waals surface area (Å²) in [5.41, 5.74) is 2.02. The van der Waals surface area contributed by atoms with Gasteiger partial charge >= 0.3 is 6.03 Å². The molecule has 3 saturated heterocycles. The van der Waals surface area contributed by atoms with Crippen LogP contribution in [0.3, 0.4) is 0 Å². The monoisotopic (exact) mass is 357 g/mol. The fraction of sp³-hybridized carbons (Fsp3) is 0.667. The molecule has 3 heterocycles. The molecule has 1 atom stereocenters. The number of hydrogen-bond acceptors (Lipinski definition) is 3. The van der Waals surface area contributed by atoms with Crippen LogP contribution in [0.4, 0.5) is 10.5 Å². The van der Waals surface area contributed by atoms with E-state index in [0.29, 0.717) is 6.04 Å². The average molecular weight is 357 g/mol. The van der Waals surface area contributed by atoms with Crippen LogP contribution >= 0.6 is 0 Å². The number of benzene rings is 1. The van der Waals surface area contributed by atoms with Gasteiger partial charge in [0.2, 0.25) is 0 Å². The Labute approximate surface area is 156 Å². The third-order valence-electron chi connectivity index (χ3n) is 6.36. The van der Waals surface area contributed by atoms with E-state index in [0.717, 1.165) is 50.2 Å². The van der Waals surface area contributed by atoms with Gasteiger partial charge in [-0.15, -0.1) is 0 Å². The van der Waals surface area contributed by atoms with Crippen LogP contribution in [0.2, 0.25) is 0 Å². The standard InChI is InChI=1S/C21H31N3O2/c1-17-5-4-6-18(15-17)22-20(25)24-12-8-21(9-13-24)16-19(7-14-26-21)23-10-2-3-11-23/h4-6,15,19H,2-3,7-14,16H2,1H3,(H,22,25). The number of hydrogen-bond donors (Lipinski definition) is 1. The molecule has 3 fully saturated rings. The molecule has 0 radical (unpaired) electrons. The Bertz CT molecular complexity index is 634. The maximum absolute atomic E-state index is 12.6. The van der Waals surface area contributed by atoms with Gasteiger partial charge in [-0.25, -0.2) is 4.79 Å². The molecule has 0 aliphatic carbocycles. The third kappa shape index (κ3) is 3.89. The summed E-state index contributed by atoms with van der Waals surface area (Å²) >= 11 is 0. The maximum Gasteiger partial charge on any atom is 0.321 e. The van der Waals surface area contributed by atoms with Gasteiger partial charge in [-0.2, -0.15) is 0 Å². The second kappa shape index (κ2) is 7.57. The Kier molecular flexibility index (Phi) is 5.18. The predicted octanol–water partition coefficient (Wildman–Crippen LogP) is 3.64. The van der Waals surface area contributed by atoms with Crippen LogP contribution in [0.5, 0.6) is 0 Å². The van der Waals surface area contributed by atoms with E-state index in [9.17, 15) is 4.79 Å². The Balaban J connectivity index is 1.32. The Hall–Kier alpha value is -1.59. The lowest BCUT2D eigenvalue weighted by atomic mass is 9.82. The fourth-order valence-electron chi connectivity index (χ4n) is 4.81. The molecule has 1 spiro atoms. The maximum atomic E-state index is 12.6. The number of urea groups is 1. The van der Waals surface area contributed by atoms with Gasteiger partial charge in [-0.05, 0) is 76.2 Å². The molecule has 1 unspecified atom stereocenters. The summed E-state index contributed by atoms with van der Waals surface area (Å²) in [5.74, 6) is 0. The molecule has 0 bridgehead atoms. The van der Waals surface area contributed by atoms with E-state index in [1.807, 2.05) is 36.1 Å². The van der Waals surface area contributed by atoms with Crippen LogP contribution in [-0.4, -0.2) is 60.3 Å². The first-order valence-corrected chi connectivity index (χ1v) is 10.1. The molecule has 142 valence electrons. The Morgan fingerprint density at radius 2 is 1.96 bits per heavy atom. The van der Waals surface area contributed by atoms with E-state index in [2.05, 4.69) is 10.2 Å². The lowest BCUT2D eigenvalue weighted by Gasteiger charge is -2.47. The van der Waals surface area contributed by atoms with Gasteiger partial charge in [0.25, 0.3) is 0 Å². The number of carbonyl (C=O) groups excluding carboxylic acids is 1. The second-order valence-corrected chi connectivity index (χ2v) is 8.21. The summed E-state index contributed by atoms with van der Waals surface area (Å²) in [6, 6.07) is 8.66. The number of likely N-dealkylation sites (tertiary alicyclic amines) is 2. The predicted molar refractivity (Wildman–Crippen MR) is 104 cm³/mol. The van der Waals surface area contributed by atoms with Crippen molar-refractivity contribution in [2.45, 2.75) is 57.1 Å². The van der Waals surface area contributed by atoms with E-state index in [1.165, 1.54) is 32.4 Å². The topological polar surface area (TPSA) is 44.8 Å².